The quantitative estimate of drug-likeness (QED) is 0.711. The lowest BCUT2D eigenvalue weighted by atomic mass is 10.1. The zero-order valence-corrected chi connectivity index (χ0v) is 14.0. The van der Waals surface area contributed by atoms with Crippen molar-refractivity contribution in [2.45, 2.75) is 31.6 Å². The Hall–Kier alpha value is -0.580. The van der Waals surface area contributed by atoms with E-state index in [0.717, 1.165) is 17.2 Å². The highest BCUT2D eigenvalue weighted by Crippen LogP contribution is 2.33. The Morgan fingerprint density at radius 2 is 1.89 bits per heavy atom. The molecule has 0 spiro atoms. The van der Waals surface area contributed by atoms with Gasteiger partial charge in [-0.15, -0.1) is 10.2 Å². The molecule has 6 heteroatoms. The van der Waals surface area contributed by atoms with Gasteiger partial charge in [0.05, 0.1) is 10.4 Å². The Morgan fingerprint density at radius 1 is 1.21 bits per heavy atom. The molecular formula is C13H14BrCl2N3. The molecule has 0 N–H and O–H groups in total. The van der Waals surface area contributed by atoms with Gasteiger partial charge >= 0.3 is 0 Å². The summed E-state index contributed by atoms with van der Waals surface area (Å²) in [5.41, 5.74) is 0.700. The van der Waals surface area contributed by atoms with Crippen molar-refractivity contribution in [2.75, 3.05) is 0 Å². The lowest BCUT2D eigenvalue weighted by molar-refractivity contribution is 0.391. The summed E-state index contributed by atoms with van der Waals surface area (Å²) in [7, 11) is 0. The molecule has 0 aliphatic rings. The summed E-state index contributed by atoms with van der Waals surface area (Å²) in [6.07, 6.45) is 0. The van der Waals surface area contributed by atoms with Crippen LogP contribution in [0.15, 0.2) is 18.2 Å². The van der Waals surface area contributed by atoms with Gasteiger partial charge in [-0.05, 0) is 39.0 Å². The summed E-state index contributed by atoms with van der Waals surface area (Å²) < 4.78 is 2.08. The number of hydrogen-bond donors (Lipinski definition) is 0. The molecule has 19 heavy (non-hydrogen) atoms. The lowest BCUT2D eigenvalue weighted by Gasteiger charge is -2.24. The van der Waals surface area contributed by atoms with E-state index in [-0.39, 0.29) is 5.54 Å². The van der Waals surface area contributed by atoms with Crippen molar-refractivity contribution in [3.05, 3.63) is 34.1 Å². The van der Waals surface area contributed by atoms with Gasteiger partial charge in [0.1, 0.15) is 5.82 Å². The topological polar surface area (TPSA) is 30.7 Å². The van der Waals surface area contributed by atoms with E-state index >= 15 is 0 Å². The fourth-order valence-corrected chi connectivity index (χ4v) is 2.81. The van der Waals surface area contributed by atoms with Gasteiger partial charge in [0, 0.05) is 16.1 Å². The highest BCUT2D eigenvalue weighted by molar-refractivity contribution is 9.08. The molecule has 102 valence electrons. The van der Waals surface area contributed by atoms with Gasteiger partial charge in [0.25, 0.3) is 0 Å². The van der Waals surface area contributed by atoms with E-state index in [1.165, 1.54) is 0 Å². The maximum Gasteiger partial charge on any atom is 0.165 e. The van der Waals surface area contributed by atoms with Gasteiger partial charge in [-0.1, -0.05) is 39.1 Å². The minimum atomic E-state index is -0.134. The van der Waals surface area contributed by atoms with E-state index in [1.54, 1.807) is 12.1 Å². The van der Waals surface area contributed by atoms with Crippen LogP contribution in [-0.2, 0) is 10.9 Å². The summed E-state index contributed by atoms with van der Waals surface area (Å²) >= 11 is 15.6. The second-order valence-corrected chi connectivity index (χ2v) is 6.61. The number of halogens is 3. The minimum absolute atomic E-state index is 0.134. The SMILES string of the molecule is CC(C)(C)n1c(CBr)nnc1-c1ccc(Cl)cc1Cl. The molecule has 1 heterocycles. The summed E-state index contributed by atoms with van der Waals surface area (Å²) in [4.78, 5) is 0. The number of aromatic nitrogens is 3. The first-order valence-corrected chi connectivity index (χ1v) is 7.68. The molecule has 2 aromatic rings. The molecule has 0 fully saturated rings. The average molecular weight is 363 g/mol. The molecular weight excluding hydrogens is 349 g/mol. The summed E-state index contributed by atoms with van der Waals surface area (Å²) in [6.45, 7) is 6.32. The average Bonchev–Trinajstić information content (AvgIpc) is 2.72. The molecule has 0 aliphatic carbocycles. The number of hydrogen-bond acceptors (Lipinski definition) is 2. The van der Waals surface area contributed by atoms with Gasteiger partial charge in [-0.3, -0.25) is 0 Å². The van der Waals surface area contributed by atoms with Crippen LogP contribution in [-0.4, -0.2) is 14.8 Å². The number of nitrogens with zero attached hydrogens (tertiary/aromatic N) is 3. The third-order valence-electron chi connectivity index (χ3n) is 2.69. The zero-order valence-electron chi connectivity index (χ0n) is 10.9. The Labute approximate surface area is 131 Å². The number of rotatable bonds is 2. The van der Waals surface area contributed by atoms with Crippen molar-refractivity contribution in [1.82, 2.24) is 14.8 Å². The predicted molar refractivity (Wildman–Crippen MR) is 83.1 cm³/mol. The van der Waals surface area contributed by atoms with Crippen molar-refractivity contribution in [1.29, 1.82) is 0 Å². The maximum atomic E-state index is 6.26. The van der Waals surface area contributed by atoms with E-state index in [9.17, 15) is 0 Å². The molecule has 0 atom stereocenters. The monoisotopic (exact) mass is 361 g/mol. The Bertz CT molecular complexity index is 602. The van der Waals surface area contributed by atoms with E-state index in [4.69, 9.17) is 23.2 Å². The van der Waals surface area contributed by atoms with E-state index in [2.05, 4.69) is 51.5 Å². The van der Waals surface area contributed by atoms with E-state index in [0.29, 0.717) is 15.4 Å². The fourth-order valence-electron chi connectivity index (χ4n) is 1.95. The van der Waals surface area contributed by atoms with Crippen LogP contribution in [0.1, 0.15) is 26.6 Å². The van der Waals surface area contributed by atoms with Crippen LogP contribution in [0, 0.1) is 0 Å². The van der Waals surface area contributed by atoms with Crippen LogP contribution in [0.4, 0.5) is 0 Å². The van der Waals surface area contributed by atoms with Crippen LogP contribution in [0.5, 0.6) is 0 Å². The molecule has 0 aliphatic heterocycles. The molecule has 0 saturated heterocycles. The summed E-state index contributed by atoms with van der Waals surface area (Å²) in [6, 6.07) is 5.39. The molecule has 0 bridgehead atoms. The molecule has 3 nitrogen and oxygen atoms in total. The number of benzene rings is 1. The van der Waals surface area contributed by atoms with Crippen molar-refractivity contribution in [3.8, 4) is 11.4 Å². The molecule has 1 aromatic carbocycles. The summed E-state index contributed by atoms with van der Waals surface area (Å²) in [5, 5.41) is 10.3. The Balaban J connectivity index is 2.66. The zero-order chi connectivity index (χ0) is 14.2. The summed E-state index contributed by atoms with van der Waals surface area (Å²) in [5.74, 6) is 1.62. The third kappa shape index (κ3) is 2.96. The third-order valence-corrected chi connectivity index (χ3v) is 3.74. The van der Waals surface area contributed by atoms with Crippen molar-refractivity contribution < 1.29 is 0 Å². The second kappa shape index (κ2) is 5.43. The predicted octanol–water partition coefficient (Wildman–Crippen LogP) is 4.90. The standard InChI is InChI=1S/C13H14BrCl2N3/c1-13(2,3)19-11(7-14)17-18-12(19)9-5-4-8(15)6-10(9)16/h4-6H,7H2,1-3H3. The first kappa shape index (κ1) is 14.8. The maximum absolute atomic E-state index is 6.26. The highest BCUT2D eigenvalue weighted by Gasteiger charge is 2.24. The van der Waals surface area contributed by atoms with Crippen LogP contribution in [0.3, 0.4) is 0 Å². The van der Waals surface area contributed by atoms with E-state index < -0.39 is 0 Å². The molecule has 2 rings (SSSR count). The van der Waals surface area contributed by atoms with Crippen LogP contribution >= 0.6 is 39.1 Å². The minimum Gasteiger partial charge on any atom is -0.305 e. The Morgan fingerprint density at radius 3 is 2.42 bits per heavy atom. The normalized spacial score (nSPS) is 11.9. The fraction of sp³-hybridized carbons (Fsp3) is 0.385. The van der Waals surface area contributed by atoms with Crippen molar-refractivity contribution >= 4 is 39.1 Å². The number of alkyl halides is 1. The molecule has 1 aromatic heterocycles. The van der Waals surface area contributed by atoms with Crippen LogP contribution in [0.25, 0.3) is 11.4 Å². The van der Waals surface area contributed by atoms with Gasteiger partial charge in [0.2, 0.25) is 0 Å². The first-order valence-electron chi connectivity index (χ1n) is 5.80. The van der Waals surface area contributed by atoms with Crippen LogP contribution in [0.2, 0.25) is 10.0 Å². The van der Waals surface area contributed by atoms with Gasteiger partial charge in [-0.2, -0.15) is 0 Å². The smallest absolute Gasteiger partial charge is 0.165 e. The van der Waals surface area contributed by atoms with Crippen molar-refractivity contribution in [2.24, 2.45) is 0 Å². The van der Waals surface area contributed by atoms with Crippen molar-refractivity contribution in [3.63, 3.8) is 0 Å². The van der Waals surface area contributed by atoms with E-state index in [1.807, 2.05) is 6.07 Å². The molecule has 0 unspecified atom stereocenters. The largest absolute Gasteiger partial charge is 0.305 e. The Kier molecular flexibility index (Phi) is 4.23. The van der Waals surface area contributed by atoms with Gasteiger partial charge < -0.3 is 4.57 Å². The molecule has 0 radical (unpaired) electrons. The van der Waals surface area contributed by atoms with Gasteiger partial charge in [0.15, 0.2) is 5.82 Å². The van der Waals surface area contributed by atoms with Crippen LogP contribution < -0.4 is 0 Å². The molecule has 0 amide bonds. The first-order chi connectivity index (χ1) is 8.84. The van der Waals surface area contributed by atoms with Gasteiger partial charge in [-0.25, -0.2) is 0 Å². The lowest BCUT2D eigenvalue weighted by Crippen LogP contribution is -2.24. The molecule has 0 saturated carbocycles. The second-order valence-electron chi connectivity index (χ2n) is 5.20. The highest BCUT2D eigenvalue weighted by atomic mass is 79.9.